The van der Waals surface area contributed by atoms with Gasteiger partial charge in [0.25, 0.3) is 0 Å². The van der Waals surface area contributed by atoms with E-state index in [0.717, 1.165) is 31.2 Å². The molecule has 0 bridgehead atoms. The molecule has 2 aliphatic rings. The molecule has 1 N–H and O–H groups in total. The maximum atomic E-state index is 12.1. The lowest BCUT2D eigenvalue weighted by molar-refractivity contribution is -0.137. The lowest BCUT2D eigenvalue weighted by Crippen LogP contribution is -2.32. The van der Waals surface area contributed by atoms with Gasteiger partial charge >= 0.3 is 12.1 Å². The Balaban J connectivity index is 1.76. The molecule has 1 aliphatic heterocycles. The summed E-state index contributed by atoms with van der Waals surface area (Å²) in [6.07, 6.45) is 3.13. The summed E-state index contributed by atoms with van der Waals surface area (Å²) in [5.41, 5.74) is 0.420. The number of aliphatic carboxylic acids is 1. The molecule has 3 rings (SSSR count). The molecule has 0 radical (unpaired) electrons. The number of carboxylic acids is 1. The van der Waals surface area contributed by atoms with E-state index < -0.39 is 23.7 Å². The van der Waals surface area contributed by atoms with Crippen molar-refractivity contribution in [3.63, 3.8) is 0 Å². The van der Waals surface area contributed by atoms with E-state index in [9.17, 15) is 9.59 Å². The van der Waals surface area contributed by atoms with Crippen LogP contribution in [0.5, 0.6) is 0 Å². The normalized spacial score (nSPS) is 23.4. The van der Waals surface area contributed by atoms with Crippen LogP contribution in [0.25, 0.3) is 0 Å². The molecular formula is C15H17NO4. The maximum Gasteiger partial charge on any atom is 0.411 e. The number of benzene rings is 1. The summed E-state index contributed by atoms with van der Waals surface area (Å²) in [6, 6.07) is 9.02. The maximum absolute atomic E-state index is 12.1. The number of carboxylic acid groups (broad SMARTS) is 1. The highest BCUT2D eigenvalue weighted by Gasteiger charge is 2.49. The van der Waals surface area contributed by atoms with Crippen LogP contribution < -0.4 is 0 Å². The van der Waals surface area contributed by atoms with Crippen LogP contribution in [0.4, 0.5) is 4.79 Å². The first-order chi connectivity index (χ1) is 9.62. The van der Waals surface area contributed by atoms with Gasteiger partial charge in [0.2, 0.25) is 0 Å². The lowest BCUT2D eigenvalue weighted by atomic mass is 9.92. The molecule has 1 aromatic carbocycles. The highest BCUT2D eigenvalue weighted by Crippen LogP contribution is 2.43. The van der Waals surface area contributed by atoms with Crippen LogP contribution in [0.1, 0.15) is 31.2 Å². The molecule has 5 heteroatoms. The summed E-state index contributed by atoms with van der Waals surface area (Å²) in [4.78, 5) is 24.2. The fourth-order valence-corrected chi connectivity index (χ4v) is 2.92. The summed E-state index contributed by atoms with van der Waals surface area (Å²) >= 11 is 0. The zero-order valence-corrected chi connectivity index (χ0v) is 11.1. The second-order valence-electron chi connectivity index (χ2n) is 5.44. The largest absolute Gasteiger partial charge is 0.480 e. The van der Waals surface area contributed by atoms with Crippen molar-refractivity contribution in [2.24, 2.45) is 0 Å². The van der Waals surface area contributed by atoms with E-state index in [-0.39, 0.29) is 6.54 Å². The van der Waals surface area contributed by atoms with Crippen molar-refractivity contribution < 1.29 is 19.4 Å². The number of amides is 1. The molecule has 1 atom stereocenters. The molecule has 2 fully saturated rings. The number of hydrogen-bond donors (Lipinski definition) is 1. The molecule has 1 saturated carbocycles. The minimum Gasteiger partial charge on any atom is -0.480 e. The topological polar surface area (TPSA) is 66.6 Å². The monoisotopic (exact) mass is 275 g/mol. The number of carbonyl (C=O) groups is 2. The third-order valence-corrected chi connectivity index (χ3v) is 4.13. The van der Waals surface area contributed by atoms with Gasteiger partial charge < -0.3 is 9.84 Å². The minimum absolute atomic E-state index is 0.249. The molecule has 1 unspecified atom stereocenters. The van der Waals surface area contributed by atoms with Crippen LogP contribution in [-0.2, 0) is 15.1 Å². The van der Waals surface area contributed by atoms with E-state index in [0.29, 0.717) is 0 Å². The van der Waals surface area contributed by atoms with Crippen LogP contribution in [-0.4, -0.2) is 34.7 Å². The van der Waals surface area contributed by atoms with Gasteiger partial charge in [0.05, 0.1) is 6.54 Å². The fourth-order valence-electron chi connectivity index (χ4n) is 2.92. The molecule has 1 heterocycles. The smallest absolute Gasteiger partial charge is 0.411 e. The van der Waals surface area contributed by atoms with Gasteiger partial charge in [0.15, 0.2) is 6.04 Å². The third kappa shape index (κ3) is 2.24. The second kappa shape index (κ2) is 4.81. The highest BCUT2D eigenvalue weighted by molar-refractivity contribution is 5.85. The van der Waals surface area contributed by atoms with Crippen molar-refractivity contribution in [1.29, 1.82) is 0 Å². The lowest BCUT2D eigenvalue weighted by Gasteiger charge is -2.29. The van der Waals surface area contributed by atoms with E-state index in [1.165, 1.54) is 4.90 Å². The molecule has 1 aliphatic carbocycles. The number of ether oxygens (including phenoxy) is 1. The van der Waals surface area contributed by atoms with Gasteiger partial charge in [-0.1, -0.05) is 30.3 Å². The highest BCUT2D eigenvalue weighted by atomic mass is 16.6. The van der Waals surface area contributed by atoms with Gasteiger partial charge in [-0.05, 0) is 31.2 Å². The van der Waals surface area contributed by atoms with E-state index >= 15 is 0 Å². The summed E-state index contributed by atoms with van der Waals surface area (Å²) < 4.78 is 5.71. The third-order valence-electron chi connectivity index (χ3n) is 4.13. The van der Waals surface area contributed by atoms with Crippen LogP contribution in [0.2, 0.25) is 0 Å². The second-order valence-corrected chi connectivity index (χ2v) is 5.44. The van der Waals surface area contributed by atoms with Gasteiger partial charge in [-0.25, -0.2) is 9.59 Å². The Kier molecular flexibility index (Phi) is 3.12. The van der Waals surface area contributed by atoms with Gasteiger partial charge in [-0.15, -0.1) is 0 Å². The Morgan fingerprint density at radius 2 is 1.85 bits per heavy atom. The standard InChI is InChI=1S/C15H17NO4/c17-13(18)12-10-16(12)14(19)20-15(8-4-5-9-15)11-6-2-1-3-7-11/h1-3,6-7,12H,4-5,8-10H2,(H,17,18). The first-order valence-electron chi connectivity index (χ1n) is 6.90. The Morgan fingerprint density at radius 3 is 2.40 bits per heavy atom. The van der Waals surface area contributed by atoms with E-state index in [4.69, 9.17) is 9.84 Å². The molecular weight excluding hydrogens is 258 g/mol. The average Bonchev–Trinajstić information content (AvgIpc) is 3.14. The van der Waals surface area contributed by atoms with Gasteiger partial charge in [0.1, 0.15) is 5.60 Å². The average molecular weight is 275 g/mol. The van der Waals surface area contributed by atoms with E-state index in [1.807, 2.05) is 30.3 Å². The molecule has 1 saturated heterocycles. The zero-order chi connectivity index (χ0) is 14.2. The summed E-state index contributed by atoms with van der Waals surface area (Å²) in [6.45, 7) is 0.249. The molecule has 0 spiro atoms. The Morgan fingerprint density at radius 1 is 1.20 bits per heavy atom. The summed E-state index contributed by atoms with van der Waals surface area (Å²) in [5.74, 6) is -0.970. The number of rotatable bonds is 3. The molecule has 0 aromatic heterocycles. The van der Waals surface area contributed by atoms with Crippen LogP contribution >= 0.6 is 0 Å². The molecule has 5 nitrogen and oxygen atoms in total. The Bertz CT molecular complexity index is 522. The number of nitrogens with zero attached hydrogens (tertiary/aromatic N) is 1. The van der Waals surface area contributed by atoms with E-state index in [1.54, 1.807) is 0 Å². The molecule has 1 amide bonds. The number of hydrogen-bond acceptors (Lipinski definition) is 3. The SMILES string of the molecule is O=C(O)C1CN1C(=O)OC1(c2ccccc2)CCCC1. The van der Waals surface area contributed by atoms with Crippen molar-refractivity contribution >= 4 is 12.1 Å². The first-order valence-corrected chi connectivity index (χ1v) is 6.90. The fraction of sp³-hybridized carbons (Fsp3) is 0.467. The van der Waals surface area contributed by atoms with Crippen molar-refractivity contribution in [2.45, 2.75) is 37.3 Å². The van der Waals surface area contributed by atoms with Gasteiger partial charge in [-0.3, -0.25) is 4.90 Å². The van der Waals surface area contributed by atoms with Crippen LogP contribution in [0, 0.1) is 0 Å². The minimum atomic E-state index is -0.970. The van der Waals surface area contributed by atoms with Crippen LogP contribution in [0.15, 0.2) is 30.3 Å². The predicted molar refractivity (Wildman–Crippen MR) is 71.2 cm³/mol. The van der Waals surface area contributed by atoms with E-state index in [2.05, 4.69) is 0 Å². The van der Waals surface area contributed by atoms with Crippen molar-refractivity contribution in [3.05, 3.63) is 35.9 Å². The number of carbonyl (C=O) groups excluding carboxylic acids is 1. The predicted octanol–water partition coefficient (Wildman–Crippen LogP) is 2.36. The Hall–Kier alpha value is -2.04. The van der Waals surface area contributed by atoms with Crippen LogP contribution in [0.3, 0.4) is 0 Å². The quantitative estimate of drug-likeness (QED) is 0.860. The summed E-state index contributed by atoms with van der Waals surface area (Å²) in [5, 5.41) is 8.87. The molecule has 1 aromatic rings. The van der Waals surface area contributed by atoms with Gasteiger partial charge in [-0.2, -0.15) is 0 Å². The van der Waals surface area contributed by atoms with Crippen molar-refractivity contribution in [2.75, 3.05) is 6.54 Å². The first kappa shape index (κ1) is 13.0. The van der Waals surface area contributed by atoms with Crippen molar-refractivity contribution in [3.8, 4) is 0 Å². The molecule has 20 heavy (non-hydrogen) atoms. The van der Waals surface area contributed by atoms with Gasteiger partial charge in [0, 0.05) is 0 Å². The molecule has 106 valence electrons. The summed E-state index contributed by atoms with van der Waals surface area (Å²) in [7, 11) is 0. The van der Waals surface area contributed by atoms with Crippen molar-refractivity contribution in [1.82, 2.24) is 4.90 Å². The Labute approximate surface area is 117 Å². The zero-order valence-electron chi connectivity index (χ0n) is 11.1.